The monoisotopic (exact) mass is 329 g/mol. The van der Waals surface area contributed by atoms with Crippen LogP contribution in [0.15, 0.2) is 30.3 Å². The molecule has 4 nitrogen and oxygen atoms in total. The van der Waals surface area contributed by atoms with Crippen LogP contribution in [0.3, 0.4) is 0 Å². The van der Waals surface area contributed by atoms with Crippen LogP contribution >= 0.6 is 11.3 Å². The van der Waals surface area contributed by atoms with Crippen molar-refractivity contribution in [1.29, 1.82) is 0 Å². The highest BCUT2D eigenvalue weighted by Gasteiger charge is 2.23. The normalized spacial score (nSPS) is 18.3. The number of carbonyl (C=O) groups excluding carboxylic acids is 1. The van der Waals surface area contributed by atoms with Crippen molar-refractivity contribution in [3.8, 4) is 0 Å². The molecule has 2 atom stereocenters. The number of nitrogens with zero attached hydrogens (tertiary/aromatic N) is 1. The van der Waals surface area contributed by atoms with Crippen LogP contribution < -0.4 is 11.1 Å². The van der Waals surface area contributed by atoms with Crippen LogP contribution in [0, 0.1) is 5.92 Å². The predicted octanol–water partition coefficient (Wildman–Crippen LogP) is 3.17. The minimum absolute atomic E-state index is 0.160. The molecule has 2 unspecified atom stereocenters. The van der Waals surface area contributed by atoms with Gasteiger partial charge in [-0.15, -0.1) is 11.3 Å². The molecule has 1 aromatic heterocycles. The van der Waals surface area contributed by atoms with Gasteiger partial charge in [0.15, 0.2) is 5.13 Å². The Labute approximate surface area is 141 Å². The molecular formula is C18H23N3OS. The minimum Gasteiger partial charge on any atom is -0.320 e. The van der Waals surface area contributed by atoms with Crippen molar-refractivity contribution in [2.24, 2.45) is 11.7 Å². The SMILES string of the molecule is CCC1CCc2nc(NC(=O)C(N)Cc3ccccc3)sc2C1. The maximum Gasteiger partial charge on any atom is 0.243 e. The van der Waals surface area contributed by atoms with E-state index in [9.17, 15) is 4.79 Å². The molecule has 3 rings (SSSR count). The van der Waals surface area contributed by atoms with Crippen LogP contribution in [0.25, 0.3) is 0 Å². The Bertz CT molecular complexity index is 668. The standard InChI is InChI=1S/C18H23N3OS/c1-2-12-8-9-15-16(11-12)23-18(20-15)21-17(22)14(19)10-13-6-4-3-5-7-13/h3-7,12,14H,2,8-11,19H2,1H3,(H,20,21,22). The van der Waals surface area contributed by atoms with E-state index in [1.165, 1.54) is 17.7 Å². The number of nitrogens with one attached hydrogen (secondary N) is 1. The summed E-state index contributed by atoms with van der Waals surface area (Å²) in [6.07, 6.45) is 5.07. The lowest BCUT2D eigenvalue weighted by molar-refractivity contribution is -0.117. The van der Waals surface area contributed by atoms with Crippen LogP contribution in [-0.2, 0) is 24.1 Å². The zero-order valence-electron chi connectivity index (χ0n) is 13.4. The van der Waals surface area contributed by atoms with Crippen LogP contribution in [-0.4, -0.2) is 16.9 Å². The predicted molar refractivity (Wildman–Crippen MR) is 94.7 cm³/mol. The fraction of sp³-hybridized carbons (Fsp3) is 0.444. The Kier molecular flexibility index (Phi) is 5.08. The van der Waals surface area contributed by atoms with Gasteiger partial charge in [0, 0.05) is 4.88 Å². The first-order chi connectivity index (χ1) is 11.2. The summed E-state index contributed by atoms with van der Waals surface area (Å²) in [4.78, 5) is 18.2. The number of aryl methyl sites for hydroxylation is 1. The third-order valence-electron chi connectivity index (χ3n) is 4.48. The molecule has 0 radical (unpaired) electrons. The van der Waals surface area contributed by atoms with Gasteiger partial charge in [-0.05, 0) is 37.2 Å². The first-order valence-electron chi connectivity index (χ1n) is 8.24. The number of aromatic nitrogens is 1. The molecule has 0 bridgehead atoms. The fourth-order valence-electron chi connectivity index (χ4n) is 3.00. The molecule has 0 saturated carbocycles. The molecule has 0 aliphatic heterocycles. The van der Waals surface area contributed by atoms with E-state index < -0.39 is 6.04 Å². The Balaban J connectivity index is 1.61. The van der Waals surface area contributed by atoms with Gasteiger partial charge in [-0.2, -0.15) is 0 Å². The van der Waals surface area contributed by atoms with Crippen molar-refractivity contribution in [1.82, 2.24) is 4.98 Å². The highest BCUT2D eigenvalue weighted by molar-refractivity contribution is 7.15. The third kappa shape index (κ3) is 3.98. The zero-order chi connectivity index (χ0) is 16.2. The van der Waals surface area contributed by atoms with Crippen molar-refractivity contribution in [2.75, 3.05) is 5.32 Å². The van der Waals surface area contributed by atoms with Crippen LogP contribution in [0.5, 0.6) is 0 Å². The van der Waals surface area contributed by atoms with E-state index in [0.29, 0.717) is 11.6 Å². The molecule has 0 saturated heterocycles. The summed E-state index contributed by atoms with van der Waals surface area (Å²) in [5.41, 5.74) is 8.26. The van der Waals surface area contributed by atoms with Gasteiger partial charge in [-0.1, -0.05) is 43.7 Å². The van der Waals surface area contributed by atoms with Crippen molar-refractivity contribution in [3.05, 3.63) is 46.5 Å². The number of nitrogens with two attached hydrogens (primary N) is 1. The van der Waals surface area contributed by atoms with Gasteiger partial charge < -0.3 is 11.1 Å². The molecule has 2 aromatic rings. The van der Waals surface area contributed by atoms with Gasteiger partial charge in [0.25, 0.3) is 0 Å². The molecule has 1 aliphatic carbocycles. The highest BCUT2D eigenvalue weighted by atomic mass is 32.1. The molecule has 3 N–H and O–H groups in total. The summed E-state index contributed by atoms with van der Waals surface area (Å²) >= 11 is 1.61. The highest BCUT2D eigenvalue weighted by Crippen LogP contribution is 2.33. The molecule has 0 fully saturated rings. The molecule has 1 aliphatic rings. The van der Waals surface area contributed by atoms with Gasteiger partial charge in [-0.3, -0.25) is 4.79 Å². The lowest BCUT2D eigenvalue weighted by Crippen LogP contribution is -2.37. The largest absolute Gasteiger partial charge is 0.320 e. The van der Waals surface area contributed by atoms with Gasteiger partial charge >= 0.3 is 0 Å². The number of rotatable bonds is 5. The molecular weight excluding hydrogens is 306 g/mol. The summed E-state index contributed by atoms with van der Waals surface area (Å²) in [6.45, 7) is 2.24. The third-order valence-corrected chi connectivity index (χ3v) is 5.52. The summed E-state index contributed by atoms with van der Waals surface area (Å²) in [5.74, 6) is 0.596. The Morgan fingerprint density at radius 1 is 1.43 bits per heavy atom. The zero-order valence-corrected chi connectivity index (χ0v) is 14.2. The molecule has 1 aromatic carbocycles. The van der Waals surface area contributed by atoms with Gasteiger partial charge in [0.2, 0.25) is 5.91 Å². The molecule has 5 heteroatoms. The average Bonchev–Trinajstić information content (AvgIpc) is 2.96. The van der Waals surface area contributed by atoms with E-state index in [0.717, 1.165) is 30.0 Å². The Hall–Kier alpha value is -1.72. The van der Waals surface area contributed by atoms with Crippen molar-refractivity contribution in [3.63, 3.8) is 0 Å². The number of anilines is 1. The second kappa shape index (κ2) is 7.23. The summed E-state index contributed by atoms with van der Waals surface area (Å²) in [5, 5.41) is 3.59. The number of hydrogen-bond acceptors (Lipinski definition) is 4. The number of thiazole rings is 1. The number of benzene rings is 1. The second-order valence-electron chi connectivity index (χ2n) is 6.19. The van der Waals surface area contributed by atoms with E-state index in [1.54, 1.807) is 11.3 Å². The molecule has 0 spiro atoms. The van der Waals surface area contributed by atoms with E-state index in [1.807, 2.05) is 30.3 Å². The number of hydrogen-bond donors (Lipinski definition) is 2. The Morgan fingerprint density at radius 3 is 2.96 bits per heavy atom. The van der Waals surface area contributed by atoms with Crippen molar-refractivity contribution >= 4 is 22.4 Å². The van der Waals surface area contributed by atoms with E-state index in [-0.39, 0.29) is 5.91 Å². The lowest BCUT2D eigenvalue weighted by Gasteiger charge is -2.18. The fourth-order valence-corrected chi connectivity index (χ4v) is 4.13. The molecule has 1 heterocycles. The van der Waals surface area contributed by atoms with Crippen LogP contribution in [0.4, 0.5) is 5.13 Å². The first kappa shape index (κ1) is 16.1. The maximum atomic E-state index is 12.3. The number of fused-ring (bicyclic) bond motifs is 1. The van der Waals surface area contributed by atoms with E-state index >= 15 is 0 Å². The minimum atomic E-state index is -0.554. The second-order valence-corrected chi connectivity index (χ2v) is 7.28. The Morgan fingerprint density at radius 2 is 2.22 bits per heavy atom. The maximum absolute atomic E-state index is 12.3. The first-order valence-corrected chi connectivity index (χ1v) is 9.06. The van der Waals surface area contributed by atoms with Gasteiger partial charge in [0.1, 0.15) is 0 Å². The van der Waals surface area contributed by atoms with Crippen LogP contribution in [0.1, 0.15) is 35.9 Å². The van der Waals surface area contributed by atoms with Crippen molar-refractivity contribution in [2.45, 2.75) is 45.1 Å². The quantitative estimate of drug-likeness (QED) is 0.885. The smallest absolute Gasteiger partial charge is 0.243 e. The summed E-state index contributed by atoms with van der Waals surface area (Å²) in [6, 6.07) is 9.29. The van der Waals surface area contributed by atoms with Gasteiger partial charge in [-0.25, -0.2) is 4.98 Å². The van der Waals surface area contributed by atoms with E-state index in [4.69, 9.17) is 5.73 Å². The molecule has 23 heavy (non-hydrogen) atoms. The van der Waals surface area contributed by atoms with E-state index in [2.05, 4.69) is 17.2 Å². The summed E-state index contributed by atoms with van der Waals surface area (Å²) in [7, 11) is 0. The number of carbonyl (C=O) groups is 1. The van der Waals surface area contributed by atoms with Gasteiger partial charge in [0.05, 0.1) is 11.7 Å². The summed E-state index contributed by atoms with van der Waals surface area (Å²) < 4.78 is 0. The lowest BCUT2D eigenvalue weighted by atomic mass is 9.89. The van der Waals surface area contributed by atoms with Crippen LogP contribution in [0.2, 0.25) is 0 Å². The average molecular weight is 329 g/mol. The molecule has 122 valence electrons. The topological polar surface area (TPSA) is 68.0 Å². The van der Waals surface area contributed by atoms with Crippen molar-refractivity contribution < 1.29 is 4.79 Å². The number of amides is 1. The molecule has 1 amide bonds.